The first-order valence-electron chi connectivity index (χ1n) is 8.25. The monoisotopic (exact) mass is 274 g/mol. The summed E-state index contributed by atoms with van der Waals surface area (Å²) in [5, 5.41) is 19.2. The van der Waals surface area contributed by atoms with Gasteiger partial charge in [-0.05, 0) is 39.0 Å². The molecule has 0 aromatic carbocycles. The second-order valence-corrected chi connectivity index (χ2v) is 5.99. The highest BCUT2D eigenvalue weighted by Crippen LogP contribution is 2.20. The Morgan fingerprint density at radius 2 is 1.21 bits per heavy atom. The lowest BCUT2D eigenvalue weighted by Crippen LogP contribution is -2.25. The molecule has 2 N–H and O–H groups in total. The summed E-state index contributed by atoms with van der Waals surface area (Å²) in [6.07, 6.45) is 9.27. The van der Waals surface area contributed by atoms with Crippen molar-refractivity contribution in [2.45, 2.75) is 111 Å². The van der Waals surface area contributed by atoms with Crippen LogP contribution in [-0.4, -0.2) is 21.4 Å². The minimum atomic E-state index is -0.408. The van der Waals surface area contributed by atoms with Crippen LogP contribution in [0.2, 0.25) is 0 Å². The Morgan fingerprint density at radius 1 is 0.684 bits per heavy atom. The fraction of sp³-hybridized carbons (Fsp3) is 1.00. The highest BCUT2D eigenvalue weighted by atomic mass is 16.3. The van der Waals surface area contributed by atoms with Gasteiger partial charge in [0.25, 0.3) is 0 Å². The van der Waals surface area contributed by atoms with Gasteiger partial charge in [-0.1, -0.05) is 60.3 Å². The van der Waals surface area contributed by atoms with Gasteiger partial charge < -0.3 is 10.2 Å². The average Bonchev–Trinajstić information content (AvgIpc) is 2.40. The first-order valence-corrected chi connectivity index (χ1v) is 8.25. The Bertz CT molecular complexity index is 184. The van der Waals surface area contributed by atoms with Gasteiger partial charge in [0.05, 0.1) is 11.2 Å². The molecule has 1 atom stereocenters. The zero-order valence-corrected chi connectivity index (χ0v) is 14.3. The van der Waals surface area contributed by atoms with Crippen LogP contribution in [0, 0.1) is 0 Å². The molecular formula is C17H38O2. The molecule has 0 aliphatic carbocycles. The van der Waals surface area contributed by atoms with Crippen molar-refractivity contribution >= 4 is 0 Å². The molecule has 19 heavy (non-hydrogen) atoms. The Labute approximate surface area is 121 Å². The van der Waals surface area contributed by atoms with Gasteiger partial charge in [-0.3, -0.25) is 0 Å². The fourth-order valence-electron chi connectivity index (χ4n) is 2.00. The van der Waals surface area contributed by atoms with Crippen LogP contribution >= 0.6 is 0 Å². The SMILES string of the molecule is CCCC(O)(CC)CC.CCCCCC(C)(O)CC. The minimum Gasteiger partial charge on any atom is -0.390 e. The van der Waals surface area contributed by atoms with Gasteiger partial charge in [-0.2, -0.15) is 0 Å². The van der Waals surface area contributed by atoms with E-state index in [1.165, 1.54) is 12.8 Å². The quantitative estimate of drug-likeness (QED) is 0.577. The molecule has 0 bridgehead atoms. The van der Waals surface area contributed by atoms with Crippen LogP contribution < -0.4 is 0 Å². The molecular weight excluding hydrogens is 236 g/mol. The molecule has 0 spiro atoms. The Kier molecular flexibility index (Phi) is 13.1. The normalized spacial score (nSPS) is 14.5. The Balaban J connectivity index is 0. The summed E-state index contributed by atoms with van der Waals surface area (Å²) < 4.78 is 0. The van der Waals surface area contributed by atoms with Gasteiger partial charge in [0, 0.05) is 0 Å². The van der Waals surface area contributed by atoms with Crippen molar-refractivity contribution < 1.29 is 10.2 Å². The lowest BCUT2D eigenvalue weighted by Gasteiger charge is -2.23. The van der Waals surface area contributed by atoms with Crippen molar-refractivity contribution in [2.75, 3.05) is 0 Å². The largest absolute Gasteiger partial charge is 0.390 e. The summed E-state index contributed by atoms with van der Waals surface area (Å²) in [6.45, 7) is 12.3. The molecule has 0 saturated carbocycles. The summed E-state index contributed by atoms with van der Waals surface area (Å²) in [5.41, 5.74) is -0.774. The molecule has 0 aromatic rings. The summed E-state index contributed by atoms with van der Waals surface area (Å²) in [4.78, 5) is 0. The predicted octanol–water partition coefficient (Wildman–Crippen LogP) is 5.07. The first-order chi connectivity index (χ1) is 8.80. The summed E-state index contributed by atoms with van der Waals surface area (Å²) in [6, 6.07) is 0. The van der Waals surface area contributed by atoms with Crippen molar-refractivity contribution in [3.8, 4) is 0 Å². The van der Waals surface area contributed by atoms with Crippen LogP contribution in [0.4, 0.5) is 0 Å². The molecule has 0 aliphatic heterocycles. The first kappa shape index (κ1) is 21.2. The van der Waals surface area contributed by atoms with Gasteiger partial charge in [-0.25, -0.2) is 0 Å². The highest BCUT2D eigenvalue weighted by Gasteiger charge is 2.19. The minimum absolute atomic E-state index is 0.366. The second kappa shape index (κ2) is 11.7. The van der Waals surface area contributed by atoms with Crippen LogP contribution in [-0.2, 0) is 0 Å². The number of hydrogen-bond acceptors (Lipinski definition) is 2. The predicted molar refractivity (Wildman–Crippen MR) is 85.5 cm³/mol. The third-order valence-electron chi connectivity index (χ3n) is 4.11. The van der Waals surface area contributed by atoms with Crippen LogP contribution in [0.1, 0.15) is 99.3 Å². The smallest absolute Gasteiger partial charge is 0.0642 e. The number of rotatable bonds is 9. The number of hydrogen-bond donors (Lipinski definition) is 2. The van der Waals surface area contributed by atoms with E-state index < -0.39 is 5.60 Å². The number of aliphatic hydroxyl groups is 2. The van der Waals surface area contributed by atoms with E-state index in [-0.39, 0.29) is 5.60 Å². The number of unbranched alkanes of at least 4 members (excludes halogenated alkanes) is 2. The molecule has 0 aromatic heterocycles. The van der Waals surface area contributed by atoms with Gasteiger partial charge >= 0.3 is 0 Å². The van der Waals surface area contributed by atoms with Crippen molar-refractivity contribution in [3.63, 3.8) is 0 Å². The van der Waals surface area contributed by atoms with E-state index in [0.717, 1.165) is 44.9 Å². The molecule has 0 aliphatic rings. The zero-order chi connectivity index (χ0) is 15.4. The van der Waals surface area contributed by atoms with Gasteiger partial charge in [0.1, 0.15) is 0 Å². The van der Waals surface area contributed by atoms with Crippen LogP contribution in [0.15, 0.2) is 0 Å². The van der Waals surface area contributed by atoms with Crippen LogP contribution in [0.25, 0.3) is 0 Å². The molecule has 2 nitrogen and oxygen atoms in total. The van der Waals surface area contributed by atoms with Gasteiger partial charge in [-0.15, -0.1) is 0 Å². The van der Waals surface area contributed by atoms with Crippen LogP contribution in [0.5, 0.6) is 0 Å². The molecule has 2 heteroatoms. The topological polar surface area (TPSA) is 40.5 Å². The molecule has 1 unspecified atom stereocenters. The molecule has 0 rings (SSSR count). The lowest BCUT2D eigenvalue weighted by atomic mass is 9.92. The van der Waals surface area contributed by atoms with Crippen molar-refractivity contribution in [1.82, 2.24) is 0 Å². The standard InChI is InChI=1S/C9H20O.C8H18O/c1-4-6-7-8-9(3,10)5-2;1-4-7-8(9,5-2)6-3/h10H,4-8H2,1-3H3;9H,4-7H2,1-3H3. The van der Waals surface area contributed by atoms with E-state index in [4.69, 9.17) is 0 Å². The van der Waals surface area contributed by atoms with E-state index in [0.29, 0.717) is 0 Å². The fourth-order valence-corrected chi connectivity index (χ4v) is 2.00. The Hall–Kier alpha value is -0.0800. The summed E-state index contributed by atoms with van der Waals surface area (Å²) in [5.74, 6) is 0. The van der Waals surface area contributed by atoms with E-state index in [2.05, 4.69) is 13.8 Å². The maximum atomic E-state index is 9.63. The van der Waals surface area contributed by atoms with E-state index in [9.17, 15) is 10.2 Å². The molecule has 0 saturated heterocycles. The summed E-state index contributed by atoms with van der Waals surface area (Å²) >= 11 is 0. The zero-order valence-electron chi connectivity index (χ0n) is 14.3. The van der Waals surface area contributed by atoms with Crippen molar-refractivity contribution in [3.05, 3.63) is 0 Å². The van der Waals surface area contributed by atoms with Crippen molar-refractivity contribution in [1.29, 1.82) is 0 Å². The second-order valence-electron chi connectivity index (χ2n) is 5.99. The molecule has 0 amide bonds. The average molecular weight is 274 g/mol. The summed E-state index contributed by atoms with van der Waals surface area (Å²) in [7, 11) is 0. The van der Waals surface area contributed by atoms with Gasteiger partial charge in [0.2, 0.25) is 0 Å². The third kappa shape index (κ3) is 12.7. The van der Waals surface area contributed by atoms with E-state index in [1.54, 1.807) is 0 Å². The van der Waals surface area contributed by atoms with Crippen molar-refractivity contribution in [2.24, 2.45) is 0 Å². The van der Waals surface area contributed by atoms with Gasteiger partial charge in [0.15, 0.2) is 0 Å². The Morgan fingerprint density at radius 3 is 1.47 bits per heavy atom. The lowest BCUT2D eigenvalue weighted by molar-refractivity contribution is 0.0230. The maximum Gasteiger partial charge on any atom is 0.0642 e. The molecule has 0 heterocycles. The molecule has 0 fully saturated rings. The maximum absolute atomic E-state index is 9.63. The van der Waals surface area contributed by atoms with E-state index >= 15 is 0 Å². The third-order valence-corrected chi connectivity index (χ3v) is 4.11. The molecule has 118 valence electrons. The highest BCUT2D eigenvalue weighted by molar-refractivity contribution is 4.73. The van der Waals surface area contributed by atoms with Crippen LogP contribution in [0.3, 0.4) is 0 Å². The molecule has 0 radical (unpaired) electrons. The van der Waals surface area contributed by atoms with E-state index in [1.807, 2.05) is 27.7 Å².